The first-order valence-electron chi connectivity index (χ1n) is 6.53. The van der Waals surface area contributed by atoms with Crippen LogP contribution in [0.25, 0.3) is 0 Å². The van der Waals surface area contributed by atoms with Crippen molar-refractivity contribution in [1.29, 1.82) is 0 Å². The van der Waals surface area contributed by atoms with Crippen molar-refractivity contribution in [1.82, 2.24) is 9.88 Å². The lowest BCUT2D eigenvalue weighted by Gasteiger charge is -2.30. The highest BCUT2D eigenvalue weighted by Gasteiger charge is 2.24. The van der Waals surface area contributed by atoms with Crippen molar-refractivity contribution < 1.29 is 4.74 Å². The van der Waals surface area contributed by atoms with E-state index in [1.807, 2.05) is 0 Å². The van der Waals surface area contributed by atoms with Crippen LogP contribution >= 0.6 is 11.3 Å². The first-order valence-corrected chi connectivity index (χ1v) is 7.41. The van der Waals surface area contributed by atoms with Gasteiger partial charge in [0.2, 0.25) is 0 Å². The van der Waals surface area contributed by atoms with Gasteiger partial charge >= 0.3 is 0 Å². The number of morpholine rings is 1. The number of nitrogens with zero attached hydrogens (tertiary/aromatic N) is 2. The third-order valence-electron chi connectivity index (χ3n) is 3.53. The Hall–Kier alpha value is -0.450. The lowest BCUT2D eigenvalue weighted by Crippen LogP contribution is -2.38. The first kappa shape index (κ1) is 13.0. The van der Waals surface area contributed by atoms with Crippen LogP contribution in [0, 0.1) is 0 Å². The van der Waals surface area contributed by atoms with Crippen molar-refractivity contribution in [2.75, 3.05) is 26.2 Å². The number of thiazole rings is 1. The van der Waals surface area contributed by atoms with E-state index < -0.39 is 0 Å². The van der Waals surface area contributed by atoms with Gasteiger partial charge in [-0.2, -0.15) is 0 Å². The van der Waals surface area contributed by atoms with Crippen LogP contribution in [-0.4, -0.2) is 36.1 Å². The van der Waals surface area contributed by atoms with Crippen molar-refractivity contribution in [2.24, 2.45) is 0 Å². The van der Waals surface area contributed by atoms with Gasteiger partial charge in [0.25, 0.3) is 0 Å². The molecule has 0 bridgehead atoms. The van der Waals surface area contributed by atoms with Crippen molar-refractivity contribution in [3.05, 3.63) is 16.1 Å². The fourth-order valence-corrected chi connectivity index (χ4v) is 3.00. The smallest absolute Gasteiger partial charge is 0.123 e. The summed E-state index contributed by atoms with van der Waals surface area (Å²) in [6.45, 7) is 10.6. The summed E-state index contributed by atoms with van der Waals surface area (Å²) in [6.07, 6.45) is 1.34. The molecule has 0 aliphatic carbocycles. The summed E-state index contributed by atoms with van der Waals surface area (Å²) >= 11 is 1.75. The highest BCUT2D eigenvalue weighted by molar-refractivity contribution is 7.09. The minimum absolute atomic E-state index is 0.187. The number of ether oxygens (including phenoxy) is 1. The molecule has 17 heavy (non-hydrogen) atoms. The molecular formula is C13H22N2OS. The van der Waals surface area contributed by atoms with Crippen molar-refractivity contribution in [3.8, 4) is 0 Å². The van der Waals surface area contributed by atoms with Crippen LogP contribution in [0.1, 0.15) is 49.9 Å². The first-order chi connectivity index (χ1) is 8.24. The van der Waals surface area contributed by atoms with E-state index in [9.17, 15) is 0 Å². The van der Waals surface area contributed by atoms with Crippen LogP contribution in [0.4, 0.5) is 0 Å². The van der Waals surface area contributed by atoms with E-state index in [-0.39, 0.29) is 6.10 Å². The second-order valence-corrected chi connectivity index (χ2v) is 5.56. The number of hydrogen-bond donors (Lipinski definition) is 0. The summed E-state index contributed by atoms with van der Waals surface area (Å²) in [5.41, 5.74) is 1.23. The van der Waals surface area contributed by atoms with Gasteiger partial charge in [0.05, 0.1) is 12.3 Å². The zero-order chi connectivity index (χ0) is 12.3. The van der Waals surface area contributed by atoms with Gasteiger partial charge < -0.3 is 4.74 Å². The second-order valence-electron chi connectivity index (χ2n) is 4.67. The lowest BCUT2D eigenvalue weighted by molar-refractivity contribution is -0.0283. The molecule has 0 saturated carbocycles. The quantitative estimate of drug-likeness (QED) is 0.826. The molecule has 0 spiro atoms. The van der Waals surface area contributed by atoms with Crippen LogP contribution in [0.5, 0.6) is 0 Å². The number of rotatable bonds is 4. The Morgan fingerprint density at radius 2 is 2.41 bits per heavy atom. The number of hydrogen-bond acceptors (Lipinski definition) is 4. The molecule has 2 unspecified atom stereocenters. The van der Waals surface area contributed by atoms with Gasteiger partial charge in [0, 0.05) is 18.5 Å². The molecular weight excluding hydrogens is 232 g/mol. The molecule has 0 radical (unpaired) electrons. The Morgan fingerprint density at radius 3 is 3.12 bits per heavy atom. The van der Waals surface area contributed by atoms with Crippen molar-refractivity contribution in [2.45, 2.75) is 39.2 Å². The summed E-state index contributed by atoms with van der Waals surface area (Å²) in [6, 6.07) is 0. The van der Waals surface area contributed by atoms with Gasteiger partial charge in [-0.25, -0.2) is 4.98 Å². The summed E-state index contributed by atoms with van der Waals surface area (Å²) in [7, 11) is 0. The molecule has 1 aromatic heterocycles. The standard InChI is InChI=1S/C13H22N2OS/c1-4-10(3)11-9-17-13(14-11)12-8-15(5-2)6-7-16-12/h9-10,12H,4-8H2,1-3H3. The fraction of sp³-hybridized carbons (Fsp3) is 0.769. The van der Waals surface area contributed by atoms with Crippen molar-refractivity contribution >= 4 is 11.3 Å². The third kappa shape index (κ3) is 3.06. The van der Waals surface area contributed by atoms with Crippen molar-refractivity contribution in [3.63, 3.8) is 0 Å². The molecule has 4 heteroatoms. The van der Waals surface area contributed by atoms with E-state index in [2.05, 4.69) is 31.1 Å². The van der Waals surface area contributed by atoms with E-state index >= 15 is 0 Å². The molecule has 1 saturated heterocycles. The Bertz CT molecular complexity index is 353. The molecule has 96 valence electrons. The van der Waals surface area contributed by atoms with Gasteiger partial charge in [-0.3, -0.25) is 4.90 Å². The van der Waals surface area contributed by atoms with Crippen LogP contribution in [0.3, 0.4) is 0 Å². The Morgan fingerprint density at radius 1 is 1.59 bits per heavy atom. The van der Waals surface area contributed by atoms with E-state index in [1.54, 1.807) is 11.3 Å². The summed E-state index contributed by atoms with van der Waals surface area (Å²) < 4.78 is 5.83. The Labute approximate surface area is 108 Å². The molecule has 0 amide bonds. The van der Waals surface area contributed by atoms with Gasteiger partial charge in [0.15, 0.2) is 0 Å². The molecule has 1 aliphatic heterocycles. The predicted octanol–water partition coefficient (Wildman–Crippen LogP) is 3.05. The fourth-order valence-electron chi connectivity index (χ4n) is 2.02. The van der Waals surface area contributed by atoms with Crippen LogP contribution in [0.2, 0.25) is 0 Å². The average molecular weight is 254 g/mol. The SMILES string of the molecule is CCC(C)c1csc(C2CN(CC)CCO2)n1. The van der Waals surface area contributed by atoms with Crippen LogP contribution in [-0.2, 0) is 4.74 Å². The maximum absolute atomic E-state index is 5.83. The van der Waals surface area contributed by atoms with E-state index in [1.165, 1.54) is 5.69 Å². The van der Waals surface area contributed by atoms with Crippen LogP contribution < -0.4 is 0 Å². The highest BCUT2D eigenvalue weighted by Crippen LogP contribution is 2.28. The summed E-state index contributed by atoms with van der Waals surface area (Å²) in [5, 5.41) is 3.34. The zero-order valence-corrected chi connectivity index (χ0v) is 11.8. The molecule has 2 rings (SSSR count). The van der Waals surface area contributed by atoms with E-state index in [0.717, 1.165) is 37.7 Å². The zero-order valence-electron chi connectivity index (χ0n) is 11.0. The molecule has 3 nitrogen and oxygen atoms in total. The molecule has 1 fully saturated rings. The van der Waals surface area contributed by atoms with Gasteiger partial charge in [-0.15, -0.1) is 11.3 Å². The van der Waals surface area contributed by atoms with Gasteiger partial charge in [-0.1, -0.05) is 20.8 Å². The third-order valence-corrected chi connectivity index (χ3v) is 4.49. The number of likely N-dealkylation sites (N-methyl/N-ethyl adjacent to an activating group) is 1. The molecule has 2 atom stereocenters. The summed E-state index contributed by atoms with van der Waals surface area (Å²) in [5.74, 6) is 0.561. The minimum atomic E-state index is 0.187. The molecule has 0 aromatic carbocycles. The molecule has 1 aliphatic rings. The number of aromatic nitrogens is 1. The molecule has 1 aromatic rings. The largest absolute Gasteiger partial charge is 0.368 e. The monoisotopic (exact) mass is 254 g/mol. The van der Waals surface area contributed by atoms with E-state index in [4.69, 9.17) is 9.72 Å². The highest BCUT2D eigenvalue weighted by atomic mass is 32.1. The topological polar surface area (TPSA) is 25.4 Å². The average Bonchev–Trinajstić information content (AvgIpc) is 2.87. The normalized spacial score (nSPS) is 23.8. The lowest BCUT2D eigenvalue weighted by atomic mass is 10.1. The Kier molecular flexibility index (Phi) is 4.54. The minimum Gasteiger partial charge on any atom is -0.368 e. The van der Waals surface area contributed by atoms with Crippen LogP contribution in [0.15, 0.2) is 5.38 Å². The molecule has 0 N–H and O–H groups in total. The maximum atomic E-state index is 5.83. The summed E-state index contributed by atoms with van der Waals surface area (Å²) in [4.78, 5) is 7.17. The van der Waals surface area contributed by atoms with Gasteiger partial charge in [0.1, 0.15) is 11.1 Å². The Balaban J connectivity index is 2.04. The van der Waals surface area contributed by atoms with E-state index in [0.29, 0.717) is 5.92 Å². The van der Waals surface area contributed by atoms with Gasteiger partial charge in [-0.05, 0) is 18.9 Å². The second kappa shape index (κ2) is 5.94. The molecule has 2 heterocycles. The predicted molar refractivity (Wildman–Crippen MR) is 71.6 cm³/mol. The maximum Gasteiger partial charge on any atom is 0.123 e.